The number of hydrogen-bond donors (Lipinski definition) is 1. The Morgan fingerprint density at radius 1 is 1.24 bits per heavy atom. The lowest BCUT2D eigenvalue weighted by molar-refractivity contribution is 0.0759. The molecular weight excluding hydrogens is 333 g/mol. The van der Waals surface area contributed by atoms with Crippen molar-refractivity contribution in [1.82, 2.24) is 0 Å². The van der Waals surface area contributed by atoms with Crippen molar-refractivity contribution in [2.75, 3.05) is 5.32 Å². The summed E-state index contributed by atoms with van der Waals surface area (Å²) in [4.78, 5) is 0. The van der Waals surface area contributed by atoms with Gasteiger partial charge >= 0.3 is 0 Å². The van der Waals surface area contributed by atoms with E-state index in [4.69, 9.17) is 4.74 Å². The monoisotopic (exact) mass is 349 g/mol. The highest BCUT2D eigenvalue weighted by molar-refractivity contribution is 9.10. The summed E-state index contributed by atoms with van der Waals surface area (Å²) in [6.45, 7) is 4.14. The van der Waals surface area contributed by atoms with Crippen LogP contribution in [-0.2, 0) is 0 Å². The predicted molar refractivity (Wildman–Crippen MR) is 86.2 cm³/mol. The molecule has 0 aromatic heterocycles. The predicted octanol–water partition coefficient (Wildman–Crippen LogP) is 5.30. The molecule has 1 heterocycles. The van der Waals surface area contributed by atoms with Crippen LogP contribution in [0, 0.1) is 5.82 Å². The molecule has 0 amide bonds. The Hall–Kier alpha value is -1.55. The summed E-state index contributed by atoms with van der Waals surface area (Å²) in [6, 6.07) is 12.7. The van der Waals surface area contributed by atoms with E-state index >= 15 is 0 Å². The zero-order chi connectivity index (χ0) is 15.0. The van der Waals surface area contributed by atoms with Crippen LogP contribution in [0.4, 0.5) is 10.1 Å². The fraction of sp³-hybridized carbons (Fsp3) is 0.294. The average molecular weight is 350 g/mol. The Kier molecular flexibility index (Phi) is 3.66. The van der Waals surface area contributed by atoms with Crippen LogP contribution in [0.25, 0.3) is 0 Å². The maximum atomic E-state index is 13.5. The van der Waals surface area contributed by atoms with Crippen LogP contribution in [0.5, 0.6) is 5.75 Å². The van der Waals surface area contributed by atoms with Gasteiger partial charge in [0.25, 0.3) is 0 Å². The third kappa shape index (κ3) is 3.05. The Bertz CT molecular complexity index is 672. The van der Waals surface area contributed by atoms with Crippen molar-refractivity contribution in [2.24, 2.45) is 0 Å². The second-order valence-corrected chi connectivity index (χ2v) is 6.78. The van der Waals surface area contributed by atoms with Crippen molar-refractivity contribution in [3.8, 4) is 5.75 Å². The molecule has 0 aliphatic carbocycles. The van der Waals surface area contributed by atoms with Gasteiger partial charge < -0.3 is 10.1 Å². The minimum absolute atomic E-state index is 0.0862. The number of ether oxygens (including phenoxy) is 1. The molecule has 0 radical (unpaired) electrons. The maximum absolute atomic E-state index is 13.5. The molecule has 0 bridgehead atoms. The molecule has 2 aromatic rings. The molecule has 2 aromatic carbocycles. The van der Waals surface area contributed by atoms with Crippen LogP contribution in [0.15, 0.2) is 46.9 Å². The van der Waals surface area contributed by atoms with Crippen molar-refractivity contribution in [1.29, 1.82) is 0 Å². The molecule has 0 spiro atoms. The molecule has 1 atom stereocenters. The molecule has 1 unspecified atom stereocenters. The first-order valence-corrected chi connectivity index (χ1v) is 7.73. The van der Waals surface area contributed by atoms with Gasteiger partial charge in [-0.1, -0.05) is 18.2 Å². The third-order valence-corrected chi connectivity index (χ3v) is 4.33. The number of fused-ring (bicyclic) bond motifs is 1. The van der Waals surface area contributed by atoms with E-state index in [0.29, 0.717) is 0 Å². The van der Waals surface area contributed by atoms with Gasteiger partial charge in [-0.25, -0.2) is 4.39 Å². The van der Waals surface area contributed by atoms with Crippen LogP contribution in [-0.4, -0.2) is 5.60 Å². The van der Waals surface area contributed by atoms with Crippen molar-refractivity contribution in [3.63, 3.8) is 0 Å². The topological polar surface area (TPSA) is 21.3 Å². The molecule has 0 fully saturated rings. The summed E-state index contributed by atoms with van der Waals surface area (Å²) in [7, 11) is 0. The van der Waals surface area contributed by atoms with E-state index in [-0.39, 0.29) is 17.5 Å². The molecule has 110 valence electrons. The van der Waals surface area contributed by atoms with E-state index in [1.165, 1.54) is 12.1 Å². The fourth-order valence-corrected chi connectivity index (χ4v) is 3.09. The average Bonchev–Trinajstić information content (AvgIpc) is 2.41. The maximum Gasteiger partial charge on any atom is 0.125 e. The van der Waals surface area contributed by atoms with Crippen LogP contribution in [0.1, 0.15) is 31.9 Å². The zero-order valence-electron chi connectivity index (χ0n) is 12.0. The van der Waals surface area contributed by atoms with Crippen molar-refractivity contribution < 1.29 is 9.13 Å². The van der Waals surface area contributed by atoms with E-state index in [1.54, 1.807) is 6.07 Å². The van der Waals surface area contributed by atoms with Gasteiger partial charge in [-0.2, -0.15) is 0 Å². The highest BCUT2D eigenvalue weighted by Crippen LogP contribution is 2.41. The van der Waals surface area contributed by atoms with Gasteiger partial charge in [0.15, 0.2) is 0 Å². The molecule has 0 saturated carbocycles. The quantitative estimate of drug-likeness (QED) is 0.793. The highest BCUT2D eigenvalue weighted by atomic mass is 79.9. The number of anilines is 1. The minimum atomic E-state index is -0.258. The SMILES string of the molecule is CC1(C)CC(Nc2cc(F)ccc2Br)c2ccccc2O1. The van der Waals surface area contributed by atoms with Crippen molar-refractivity contribution in [2.45, 2.75) is 31.9 Å². The van der Waals surface area contributed by atoms with Gasteiger partial charge in [-0.05, 0) is 54.0 Å². The van der Waals surface area contributed by atoms with Crippen LogP contribution in [0.3, 0.4) is 0 Å². The largest absolute Gasteiger partial charge is 0.487 e. The third-order valence-electron chi connectivity index (χ3n) is 3.63. The van der Waals surface area contributed by atoms with Gasteiger partial charge in [-0.15, -0.1) is 0 Å². The number of halogens is 2. The Balaban J connectivity index is 1.96. The van der Waals surface area contributed by atoms with Crippen LogP contribution >= 0.6 is 15.9 Å². The summed E-state index contributed by atoms with van der Waals surface area (Å²) in [5.41, 5.74) is 1.60. The normalized spacial score (nSPS) is 19.5. The van der Waals surface area contributed by atoms with E-state index in [2.05, 4.69) is 41.2 Å². The summed E-state index contributed by atoms with van der Waals surface area (Å²) >= 11 is 3.47. The Morgan fingerprint density at radius 2 is 2.00 bits per heavy atom. The molecule has 3 rings (SSSR count). The summed E-state index contributed by atoms with van der Waals surface area (Å²) in [5, 5.41) is 3.43. The molecule has 2 nitrogen and oxygen atoms in total. The van der Waals surface area contributed by atoms with Crippen LogP contribution < -0.4 is 10.1 Å². The first-order chi connectivity index (χ1) is 9.94. The van der Waals surface area contributed by atoms with E-state index < -0.39 is 0 Å². The summed E-state index contributed by atoms with van der Waals surface area (Å²) in [5.74, 6) is 0.638. The lowest BCUT2D eigenvalue weighted by Gasteiger charge is -2.38. The van der Waals surface area contributed by atoms with Gasteiger partial charge in [0.2, 0.25) is 0 Å². The van der Waals surface area contributed by atoms with Crippen LogP contribution in [0.2, 0.25) is 0 Å². The number of rotatable bonds is 2. The molecule has 4 heteroatoms. The van der Waals surface area contributed by atoms with Gasteiger partial charge in [0, 0.05) is 16.5 Å². The van der Waals surface area contributed by atoms with Crippen molar-refractivity contribution in [3.05, 3.63) is 58.3 Å². The lowest BCUT2D eigenvalue weighted by Crippen LogP contribution is -2.37. The number of benzene rings is 2. The molecule has 1 aliphatic rings. The molecule has 1 aliphatic heterocycles. The fourth-order valence-electron chi connectivity index (χ4n) is 2.73. The van der Waals surface area contributed by atoms with Gasteiger partial charge in [-0.3, -0.25) is 0 Å². The first-order valence-electron chi connectivity index (χ1n) is 6.94. The standard InChI is InChI=1S/C17H17BrFNO/c1-17(2)10-15(12-5-3-4-6-16(12)21-17)20-14-9-11(19)7-8-13(14)18/h3-9,15,20H,10H2,1-2H3. The smallest absolute Gasteiger partial charge is 0.125 e. The highest BCUT2D eigenvalue weighted by Gasteiger charge is 2.33. The minimum Gasteiger partial charge on any atom is -0.487 e. The number of nitrogens with one attached hydrogen (secondary N) is 1. The molecular formula is C17H17BrFNO. The van der Waals surface area contributed by atoms with Crippen molar-refractivity contribution >= 4 is 21.6 Å². The van der Waals surface area contributed by atoms with E-state index in [0.717, 1.165) is 27.9 Å². The number of para-hydroxylation sites is 1. The first kappa shape index (κ1) is 14.4. The lowest BCUT2D eigenvalue weighted by atomic mass is 9.89. The second-order valence-electron chi connectivity index (χ2n) is 5.92. The van der Waals surface area contributed by atoms with Gasteiger partial charge in [0.05, 0.1) is 11.7 Å². The zero-order valence-corrected chi connectivity index (χ0v) is 13.6. The van der Waals surface area contributed by atoms with E-state index in [9.17, 15) is 4.39 Å². The summed E-state index contributed by atoms with van der Waals surface area (Å²) in [6.07, 6.45) is 0.812. The second kappa shape index (κ2) is 5.34. The summed E-state index contributed by atoms with van der Waals surface area (Å²) < 4.78 is 20.3. The van der Waals surface area contributed by atoms with Gasteiger partial charge in [0.1, 0.15) is 17.2 Å². The molecule has 21 heavy (non-hydrogen) atoms. The molecule has 1 N–H and O–H groups in total. The molecule has 0 saturated heterocycles. The Labute approximate surface area is 132 Å². The number of hydrogen-bond acceptors (Lipinski definition) is 2. The van der Waals surface area contributed by atoms with E-state index in [1.807, 2.05) is 18.2 Å². The Morgan fingerprint density at radius 3 is 2.81 bits per heavy atom.